The number of benzene rings is 2. The second-order valence-corrected chi connectivity index (χ2v) is 7.44. The lowest BCUT2D eigenvalue weighted by atomic mass is 10.1. The number of thioether (sulfide) groups is 1. The van der Waals surface area contributed by atoms with Gasteiger partial charge in [0.25, 0.3) is 5.22 Å². The smallest absolute Gasteiger partial charge is 0.277 e. The van der Waals surface area contributed by atoms with Gasteiger partial charge in [0, 0.05) is 5.56 Å². The van der Waals surface area contributed by atoms with Crippen molar-refractivity contribution in [3.05, 3.63) is 52.5 Å². The standard InChI is InChI=1S/C20H20ClN3O3S/c1-4-26-15-7-5-14(6-8-15)19-23-24-20(27-19)28-11-17(25)22-18-13(3)9-12(2)10-16(18)21/h5-10H,4,11H2,1-3H3,(H,22,25). The maximum Gasteiger partial charge on any atom is 0.277 e. The Hall–Kier alpha value is -2.51. The number of aromatic nitrogens is 2. The van der Waals surface area contributed by atoms with Crippen molar-refractivity contribution in [3.63, 3.8) is 0 Å². The summed E-state index contributed by atoms with van der Waals surface area (Å²) in [6, 6.07) is 11.2. The van der Waals surface area contributed by atoms with E-state index in [4.69, 9.17) is 20.8 Å². The lowest BCUT2D eigenvalue weighted by molar-refractivity contribution is -0.113. The van der Waals surface area contributed by atoms with Crippen molar-refractivity contribution in [2.45, 2.75) is 26.0 Å². The van der Waals surface area contributed by atoms with Crippen LogP contribution in [0.3, 0.4) is 0 Å². The van der Waals surface area contributed by atoms with Gasteiger partial charge in [-0.3, -0.25) is 4.79 Å². The second kappa shape index (κ2) is 9.12. The first-order chi connectivity index (χ1) is 13.5. The van der Waals surface area contributed by atoms with Crippen molar-refractivity contribution >= 4 is 35.0 Å². The van der Waals surface area contributed by atoms with E-state index in [1.165, 1.54) is 11.8 Å². The van der Waals surface area contributed by atoms with Gasteiger partial charge >= 0.3 is 0 Å². The molecule has 2 aromatic carbocycles. The number of hydrogen-bond acceptors (Lipinski definition) is 6. The molecule has 1 aromatic heterocycles. The normalized spacial score (nSPS) is 10.7. The van der Waals surface area contributed by atoms with Crippen LogP contribution in [0.15, 0.2) is 46.0 Å². The van der Waals surface area contributed by atoms with Crippen LogP contribution in [0.4, 0.5) is 5.69 Å². The highest BCUT2D eigenvalue weighted by Crippen LogP contribution is 2.28. The largest absolute Gasteiger partial charge is 0.494 e. The minimum atomic E-state index is -0.195. The highest BCUT2D eigenvalue weighted by Gasteiger charge is 2.13. The summed E-state index contributed by atoms with van der Waals surface area (Å²) in [6.45, 7) is 6.40. The Balaban J connectivity index is 1.59. The van der Waals surface area contributed by atoms with Crippen LogP contribution in [0.1, 0.15) is 18.1 Å². The van der Waals surface area contributed by atoms with E-state index < -0.39 is 0 Å². The minimum absolute atomic E-state index is 0.133. The SMILES string of the molecule is CCOc1ccc(-c2nnc(SCC(=O)Nc3c(C)cc(C)cc3Cl)o2)cc1. The lowest BCUT2D eigenvalue weighted by Crippen LogP contribution is -2.15. The monoisotopic (exact) mass is 417 g/mol. The van der Waals surface area contributed by atoms with Crippen molar-refractivity contribution in [3.8, 4) is 17.2 Å². The van der Waals surface area contributed by atoms with E-state index in [1.54, 1.807) is 0 Å². The summed E-state index contributed by atoms with van der Waals surface area (Å²) in [5.74, 6) is 1.11. The molecule has 0 radical (unpaired) electrons. The molecule has 1 N–H and O–H groups in total. The molecular formula is C20H20ClN3O3S. The fraction of sp³-hybridized carbons (Fsp3) is 0.250. The molecule has 0 bridgehead atoms. The number of ether oxygens (including phenoxy) is 1. The first-order valence-corrected chi connectivity index (χ1v) is 10.1. The topological polar surface area (TPSA) is 77.2 Å². The zero-order chi connectivity index (χ0) is 20.1. The van der Waals surface area contributed by atoms with Gasteiger partial charge in [0.1, 0.15) is 5.75 Å². The van der Waals surface area contributed by atoms with Crippen molar-refractivity contribution in [2.75, 3.05) is 17.7 Å². The highest BCUT2D eigenvalue weighted by molar-refractivity contribution is 7.99. The molecule has 3 aromatic rings. The Bertz CT molecular complexity index is 950. The molecule has 0 fully saturated rings. The molecule has 8 heteroatoms. The van der Waals surface area contributed by atoms with E-state index in [-0.39, 0.29) is 11.7 Å². The van der Waals surface area contributed by atoms with Gasteiger partial charge < -0.3 is 14.5 Å². The Kier molecular flexibility index (Phi) is 6.59. The molecule has 0 aliphatic carbocycles. The van der Waals surface area contributed by atoms with Crippen LogP contribution in [0, 0.1) is 13.8 Å². The van der Waals surface area contributed by atoms with Crippen LogP contribution in [-0.2, 0) is 4.79 Å². The molecule has 0 saturated heterocycles. The molecule has 0 unspecified atom stereocenters. The van der Waals surface area contributed by atoms with E-state index in [1.807, 2.05) is 57.2 Å². The van der Waals surface area contributed by atoms with Crippen molar-refractivity contribution < 1.29 is 13.9 Å². The molecular weight excluding hydrogens is 398 g/mol. The Labute approximate surface area is 172 Å². The highest BCUT2D eigenvalue weighted by atomic mass is 35.5. The molecule has 0 aliphatic heterocycles. The molecule has 1 heterocycles. The molecule has 146 valence electrons. The van der Waals surface area contributed by atoms with Crippen LogP contribution in [-0.4, -0.2) is 28.5 Å². The fourth-order valence-corrected chi connectivity index (χ4v) is 3.55. The van der Waals surface area contributed by atoms with Gasteiger partial charge in [-0.25, -0.2) is 0 Å². The Morgan fingerprint density at radius 1 is 1.21 bits per heavy atom. The van der Waals surface area contributed by atoms with Crippen LogP contribution in [0.5, 0.6) is 5.75 Å². The maximum absolute atomic E-state index is 12.3. The summed E-state index contributed by atoms with van der Waals surface area (Å²) in [4.78, 5) is 12.3. The van der Waals surface area contributed by atoms with Crippen molar-refractivity contribution in [1.29, 1.82) is 0 Å². The summed E-state index contributed by atoms with van der Waals surface area (Å²) < 4.78 is 11.0. The van der Waals surface area contributed by atoms with Gasteiger partial charge in [-0.1, -0.05) is 29.4 Å². The van der Waals surface area contributed by atoms with Crippen LogP contribution in [0.25, 0.3) is 11.5 Å². The van der Waals surface area contributed by atoms with Gasteiger partial charge in [0.2, 0.25) is 11.8 Å². The number of rotatable bonds is 7. The lowest BCUT2D eigenvalue weighted by Gasteiger charge is -2.11. The molecule has 28 heavy (non-hydrogen) atoms. The predicted molar refractivity (Wildman–Crippen MR) is 111 cm³/mol. The predicted octanol–water partition coefficient (Wildman–Crippen LogP) is 5.14. The van der Waals surface area contributed by atoms with Crippen LogP contribution in [0.2, 0.25) is 5.02 Å². The van der Waals surface area contributed by atoms with E-state index >= 15 is 0 Å². The van der Waals surface area contributed by atoms with Crippen LogP contribution >= 0.6 is 23.4 Å². The third kappa shape index (κ3) is 5.05. The van der Waals surface area contributed by atoms with Gasteiger partial charge in [0.15, 0.2) is 0 Å². The second-order valence-electron chi connectivity index (χ2n) is 6.11. The maximum atomic E-state index is 12.3. The third-order valence-electron chi connectivity index (χ3n) is 3.84. The summed E-state index contributed by atoms with van der Waals surface area (Å²) in [7, 11) is 0. The Morgan fingerprint density at radius 3 is 2.64 bits per heavy atom. The molecule has 0 saturated carbocycles. The first kappa shape index (κ1) is 20.2. The zero-order valence-corrected chi connectivity index (χ0v) is 17.4. The first-order valence-electron chi connectivity index (χ1n) is 8.72. The number of anilines is 1. The third-order valence-corrected chi connectivity index (χ3v) is 4.96. The van der Waals surface area contributed by atoms with Gasteiger partial charge in [-0.05, 0) is 62.2 Å². The number of carbonyl (C=O) groups excluding carboxylic acids is 1. The summed E-state index contributed by atoms with van der Waals surface area (Å²) in [5, 5.41) is 11.7. The molecule has 0 aliphatic rings. The Morgan fingerprint density at radius 2 is 1.96 bits per heavy atom. The number of aryl methyl sites for hydroxylation is 2. The van der Waals surface area contributed by atoms with E-state index in [0.29, 0.717) is 28.4 Å². The average molecular weight is 418 g/mol. The number of amides is 1. The average Bonchev–Trinajstić information content (AvgIpc) is 3.13. The molecule has 0 spiro atoms. The summed E-state index contributed by atoms with van der Waals surface area (Å²) >= 11 is 7.40. The molecule has 0 atom stereocenters. The van der Waals surface area contributed by atoms with Crippen LogP contribution < -0.4 is 10.1 Å². The van der Waals surface area contributed by atoms with Crippen molar-refractivity contribution in [2.24, 2.45) is 0 Å². The van der Waals surface area contributed by atoms with Crippen molar-refractivity contribution in [1.82, 2.24) is 10.2 Å². The number of nitrogens with zero attached hydrogens (tertiary/aromatic N) is 2. The van der Waals surface area contributed by atoms with E-state index in [9.17, 15) is 4.79 Å². The van der Waals surface area contributed by atoms with E-state index in [2.05, 4.69) is 15.5 Å². The van der Waals surface area contributed by atoms with Gasteiger partial charge in [0.05, 0.1) is 23.1 Å². The fourth-order valence-electron chi connectivity index (χ4n) is 2.62. The van der Waals surface area contributed by atoms with E-state index in [0.717, 1.165) is 22.4 Å². The summed E-state index contributed by atoms with van der Waals surface area (Å²) in [6.07, 6.45) is 0. The quantitative estimate of drug-likeness (QED) is 0.536. The van der Waals surface area contributed by atoms with Gasteiger partial charge in [-0.2, -0.15) is 0 Å². The number of carbonyl (C=O) groups is 1. The molecule has 1 amide bonds. The number of hydrogen-bond donors (Lipinski definition) is 1. The number of nitrogens with one attached hydrogen (secondary N) is 1. The zero-order valence-electron chi connectivity index (χ0n) is 15.8. The minimum Gasteiger partial charge on any atom is -0.494 e. The summed E-state index contributed by atoms with van der Waals surface area (Å²) in [5.41, 5.74) is 3.37. The molecule has 6 nitrogen and oxygen atoms in total. The number of halogens is 1. The molecule has 3 rings (SSSR count). The van der Waals surface area contributed by atoms with Gasteiger partial charge in [-0.15, -0.1) is 10.2 Å².